The molecule has 1 aliphatic carbocycles. The van der Waals surface area contributed by atoms with Crippen LogP contribution in [0.25, 0.3) is 0 Å². The summed E-state index contributed by atoms with van der Waals surface area (Å²) >= 11 is 7.22. The van der Waals surface area contributed by atoms with Gasteiger partial charge in [0.25, 0.3) is 0 Å². The molecule has 2 fully saturated rings. The smallest absolute Gasteiger partial charge is 0.138 e. The summed E-state index contributed by atoms with van der Waals surface area (Å²) in [5, 5.41) is 13.8. The van der Waals surface area contributed by atoms with Crippen LogP contribution in [0.15, 0.2) is 0 Å². The fraction of sp³-hybridized carbons (Fsp3) is 0.800. The van der Waals surface area contributed by atoms with E-state index in [1.807, 2.05) is 0 Å². The van der Waals surface area contributed by atoms with Crippen molar-refractivity contribution in [1.29, 1.82) is 0 Å². The van der Waals surface area contributed by atoms with Crippen molar-refractivity contribution in [2.75, 3.05) is 13.1 Å². The number of aliphatic hydroxyl groups excluding tert-OH is 1. The molecule has 6 heteroatoms. The van der Waals surface area contributed by atoms with Gasteiger partial charge in [-0.25, -0.2) is 0 Å². The number of halogens is 1. The van der Waals surface area contributed by atoms with Crippen LogP contribution < -0.4 is 0 Å². The van der Waals surface area contributed by atoms with Crippen LogP contribution in [0, 0.1) is 11.8 Å². The maximum atomic E-state index is 9.82. The van der Waals surface area contributed by atoms with E-state index in [4.69, 9.17) is 11.6 Å². The Bertz CT molecular complexity index is 386. The maximum absolute atomic E-state index is 9.82. The normalized spacial score (nSPS) is 34.5. The van der Waals surface area contributed by atoms with Crippen LogP contribution in [-0.2, 0) is 6.54 Å². The van der Waals surface area contributed by atoms with Gasteiger partial charge in [-0.2, -0.15) is 0 Å². The van der Waals surface area contributed by atoms with Gasteiger partial charge in [0.05, 0.1) is 6.10 Å². The van der Waals surface area contributed by atoms with E-state index in [9.17, 15) is 5.11 Å². The minimum Gasteiger partial charge on any atom is -0.393 e. The number of hydrogen-bond acceptors (Lipinski definition) is 5. The zero-order valence-corrected chi connectivity index (χ0v) is 10.4. The summed E-state index contributed by atoms with van der Waals surface area (Å²) in [5.74, 6) is 1.13. The molecule has 0 aromatic carbocycles. The Balaban J connectivity index is 1.65. The van der Waals surface area contributed by atoms with Crippen LogP contribution in [0.1, 0.15) is 18.5 Å². The highest BCUT2D eigenvalue weighted by atomic mass is 35.5. The molecule has 3 atom stereocenters. The van der Waals surface area contributed by atoms with Crippen molar-refractivity contribution >= 4 is 23.1 Å². The van der Waals surface area contributed by atoms with Crippen molar-refractivity contribution in [3.05, 3.63) is 10.0 Å². The first-order valence-corrected chi connectivity index (χ1v) is 6.76. The van der Waals surface area contributed by atoms with Crippen molar-refractivity contribution < 1.29 is 5.11 Å². The quantitative estimate of drug-likeness (QED) is 0.872. The molecule has 3 unspecified atom stereocenters. The molecule has 1 aliphatic heterocycles. The van der Waals surface area contributed by atoms with E-state index in [1.165, 1.54) is 11.5 Å². The van der Waals surface area contributed by atoms with Crippen LogP contribution >= 0.6 is 23.1 Å². The average Bonchev–Trinajstić information content (AvgIpc) is 2.90. The molecular formula is C10H14ClN3OS. The Morgan fingerprint density at radius 2 is 2.31 bits per heavy atom. The summed E-state index contributed by atoms with van der Waals surface area (Å²) in [6, 6.07) is 0. The van der Waals surface area contributed by atoms with E-state index in [2.05, 4.69) is 14.5 Å². The Labute approximate surface area is 103 Å². The molecule has 0 spiro atoms. The van der Waals surface area contributed by atoms with Crippen molar-refractivity contribution in [3.8, 4) is 0 Å². The molecule has 88 valence electrons. The molecular weight excluding hydrogens is 246 g/mol. The SMILES string of the molecule is OC1CCC2CN(Cc3nnsc3Cl)CC12. The Kier molecular flexibility index (Phi) is 2.87. The molecule has 1 N–H and O–H groups in total. The van der Waals surface area contributed by atoms with Gasteiger partial charge in [0.15, 0.2) is 0 Å². The molecule has 4 nitrogen and oxygen atoms in total. The largest absolute Gasteiger partial charge is 0.393 e. The van der Waals surface area contributed by atoms with Crippen LogP contribution in [0.2, 0.25) is 4.34 Å². The van der Waals surface area contributed by atoms with E-state index < -0.39 is 0 Å². The van der Waals surface area contributed by atoms with Crippen LogP contribution in [-0.4, -0.2) is 38.8 Å². The fourth-order valence-electron chi connectivity index (χ4n) is 2.96. The first-order valence-electron chi connectivity index (χ1n) is 5.61. The molecule has 1 saturated carbocycles. The molecule has 2 heterocycles. The van der Waals surface area contributed by atoms with Gasteiger partial charge >= 0.3 is 0 Å². The number of hydrogen-bond donors (Lipinski definition) is 1. The third-order valence-electron chi connectivity index (χ3n) is 3.78. The molecule has 0 amide bonds. The number of rotatable bonds is 2. The Hall–Kier alpha value is -0.230. The van der Waals surface area contributed by atoms with Gasteiger partial charge in [0.1, 0.15) is 10.0 Å². The first-order chi connectivity index (χ1) is 7.74. The molecule has 2 aliphatic rings. The van der Waals surface area contributed by atoms with Crippen molar-refractivity contribution in [1.82, 2.24) is 14.5 Å². The predicted molar refractivity (Wildman–Crippen MR) is 62.4 cm³/mol. The summed E-state index contributed by atoms with van der Waals surface area (Å²) in [6.07, 6.45) is 2.03. The van der Waals surface area contributed by atoms with Gasteiger partial charge in [0, 0.05) is 37.1 Å². The second kappa shape index (κ2) is 4.22. The van der Waals surface area contributed by atoms with E-state index >= 15 is 0 Å². The Morgan fingerprint density at radius 3 is 3.00 bits per heavy atom. The zero-order chi connectivity index (χ0) is 11.1. The highest BCUT2D eigenvalue weighted by Crippen LogP contribution is 2.38. The van der Waals surface area contributed by atoms with Crippen molar-refractivity contribution in [2.24, 2.45) is 11.8 Å². The molecule has 1 aromatic heterocycles. The minimum atomic E-state index is -0.0981. The topological polar surface area (TPSA) is 49.2 Å². The summed E-state index contributed by atoms with van der Waals surface area (Å²) in [4.78, 5) is 2.33. The van der Waals surface area contributed by atoms with E-state index in [0.29, 0.717) is 16.2 Å². The molecule has 0 radical (unpaired) electrons. The third-order valence-corrected chi connectivity index (χ3v) is 4.76. The lowest BCUT2D eigenvalue weighted by molar-refractivity contribution is 0.123. The summed E-state index contributed by atoms with van der Waals surface area (Å²) in [6.45, 7) is 2.81. The van der Waals surface area contributed by atoms with Gasteiger partial charge in [-0.15, -0.1) is 5.10 Å². The molecule has 1 aromatic rings. The van der Waals surface area contributed by atoms with Crippen LogP contribution in [0.5, 0.6) is 0 Å². The van der Waals surface area contributed by atoms with Gasteiger partial charge in [-0.05, 0) is 18.8 Å². The predicted octanol–water partition coefficient (Wildman–Crippen LogP) is 1.39. The Morgan fingerprint density at radius 1 is 1.44 bits per heavy atom. The van der Waals surface area contributed by atoms with Crippen LogP contribution in [0.4, 0.5) is 0 Å². The lowest BCUT2D eigenvalue weighted by Crippen LogP contribution is -2.24. The average molecular weight is 260 g/mol. The zero-order valence-electron chi connectivity index (χ0n) is 8.84. The summed E-state index contributed by atoms with van der Waals surface area (Å²) < 4.78 is 4.53. The second-order valence-corrected chi connectivity index (χ2v) is 6.11. The molecule has 0 bridgehead atoms. The molecule has 3 rings (SSSR count). The highest BCUT2D eigenvalue weighted by Gasteiger charge is 2.41. The minimum absolute atomic E-state index is 0.0981. The van der Waals surface area contributed by atoms with E-state index in [0.717, 1.165) is 38.2 Å². The lowest BCUT2D eigenvalue weighted by atomic mass is 10.00. The fourth-order valence-corrected chi connectivity index (χ4v) is 3.57. The lowest BCUT2D eigenvalue weighted by Gasteiger charge is -2.16. The third kappa shape index (κ3) is 1.86. The van der Waals surface area contributed by atoms with Crippen LogP contribution in [0.3, 0.4) is 0 Å². The van der Waals surface area contributed by atoms with E-state index in [-0.39, 0.29) is 6.10 Å². The van der Waals surface area contributed by atoms with Gasteiger partial charge in [0.2, 0.25) is 0 Å². The standard InChI is InChI=1S/C10H14ClN3OS/c11-10-8(12-13-16-10)5-14-3-6-1-2-9(15)7(6)4-14/h6-7,9,15H,1-5H2. The van der Waals surface area contributed by atoms with Gasteiger partial charge in [-0.1, -0.05) is 16.1 Å². The van der Waals surface area contributed by atoms with Gasteiger partial charge in [-0.3, -0.25) is 4.90 Å². The number of fused-ring (bicyclic) bond motifs is 1. The highest BCUT2D eigenvalue weighted by molar-refractivity contribution is 7.10. The summed E-state index contributed by atoms with van der Waals surface area (Å²) in [7, 11) is 0. The van der Waals surface area contributed by atoms with Crippen molar-refractivity contribution in [2.45, 2.75) is 25.5 Å². The molecule has 1 saturated heterocycles. The second-order valence-electron chi connectivity index (χ2n) is 4.76. The van der Waals surface area contributed by atoms with Crippen molar-refractivity contribution in [3.63, 3.8) is 0 Å². The van der Waals surface area contributed by atoms with Gasteiger partial charge < -0.3 is 5.11 Å². The number of nitrogens with zero attached hydrogens (tertiary/aromatic N) is 3. The monoisotopic (exact) mass is 259 g/mol. The number of aromatic nitrogens is 2. The number of likely N-dealkylation sites (tertiary alicyclic amines) is 1. The number of aliphatic hydroxyl groups is 1. The van der Waals surface area contributed by atoms with E-state index in [1.54, 1.807) is 0 Å². The summed E-state index contributed by atoms with van der Waals surface area (Å²) in [5.41, 5.74) is 0.876. The maximum Gasteiger partial charge on any atom is 0.138 e. The molecule has 16 heavy (non-hydrogen) atoms. The first kappa shape index (κ1) is 10.9.